The molecule has 0 aliphatic carbocycles. The van der Waals surface area contributed by atoms with Gasteiger partial charge in [-0.15, -0.1) is 0 Å². The highest BCUT2D eigenvalue weighted by molar-refractivity contribution is 5.95. The first-order valence-corrected chi connectivity index (χ1v) is 18.2. The fourth-order valence-corrected chi connectivity index (χ4v) is 5.25. The van der Waals surface area contributed by atoms with Crippen molar-refractivity contribution in [2.45, 2.75) is 130 Å². The zero-order valence-electron chi connectivity index (χ0n) is 33.0. The molecule has 0 aliphatic rings. The lowest BCUT2D eigenvalue weighted by atomic mass is 9.85. The molecule has 2 rings (SSSR count). The molecule has 6 N–H and O–H groups in total. The molecule has 5 amide bonds. The Bertz CT molecular complexity index is 1550. The van der Waals surface area contributed by atoms with E-state index in [9.17, 15) is 33.9 Å². The van der Waals surface area contributed by atoms with Crippen molar-refractivity contribution in [3.05, 3.63) is 71.8 Å². The van der Waals surface area contributed by atoms with Crippen LogP contribution in [0.2, 0.25) is 0 Å². The second kappa shape index (κ2) is 20.4. The molecule has 54 heavy (non-hydrogen) atoms. The Labute approximate surface area is 318 Å². The van der Waals surface area contributed by atoms with Crippen LogP contribution in [0.15, 0.2) is 60.7 Å². The van der Waals surface area contributed by atoms with Gasteiger partial charge in [0.15, 0.2) is 0 Å². The van der Waals surface area contributed by atoms with Crippen molar-refractivity contribution in [2.75, 3.05) is 6.54 Å². The normalized spacial score (nSPS) is 13.9. The number of amides is 5. The fourth-order valence-electron chi connectivity index (χ4n) is 5.25. The maximum absolute atomic E-state index is 14.1. The number of carbonyl (C=O) groups is 6. The van der Waals surface area contributed by atoms with Crippen LogP contribution in [0, 0.1) is 5.41 Å². The summed E-state index contributed by atoms with van der Waals surface area (Å²) in [5.74, 6) is -3.30. The quantitative estimate of drug-likeness (QED) is 0.125. The minimum Gasteiger partial charge on any atom is -0.480 e. The molecule has 0 saturated heterocycles. The van der Waals surface area contributed by atoms with E-state index in [0.717, 1.165) is 11.1 Å². The van der Waals surface area contributed by atoms with Crippen LogP contribution in [0.25, 0.3) is 0 Å². The van der Waals surface area contributed by atoms with Crippen LogP contribution >= 0.6 is 0 Å². The fraction of sp³-hybridized carbons (Fsp3) is 0.550. The van der Waals surface area contributed by atoms with Gasteiger partial charge in [-0.3, -0.25) is 14.4 Å². The molecule has 0 saturated carbocycles. The summed E-state index contributed by atoms with van der Waals surface area (Å²) in [7, 11) is 0. The number of carboxylic acid groups (broad SMARTS) is 1. The molecule has 2 aromatic rings. The third-order valence-electron chi connectivity index (χ3n) is 7.82. The van der Waals surface area contributed by atoms with Gasteiger partial charge in [0.1, 0.15) is 35.4 Å². The van der Waals surface area contributed by atoms with Crippen molar-refractivity contribution < 1.29 is 43.3 Å². The Kier molecular flexibility index (Phi) is 17.0. The minimum atomic E-state index is -1.27. The van der Waals surface area contributed by atoms with Crippen LogP contribution < -0.4 is 26.6 Å². The number of hydrogen-bond donors (Lipinski definition) is 6. The number of aliphatic carboxylic acids is 1. The topological polar surface area (TPSA) is 201 Å². The zero-order valence-corrected chi connectivity index (χ0v) is 33.0. The van der Waals surface area contributed by atoms with Gasteiger partial charge in [-0.05, 0) is 77.3 Å². The molecule has 2 aromatic carbocycles. The second-order valence-corrected chi connectivity index (χ2v) is 16.3. The molecule has 0 fully saturated rings. The van der Waals surface area contributed by atoms with E-state index < -0.39 is 76.7 Å². The second-order valence-electron chi connectivity index (χ2n) is 16.3. The van der Waals surface area contributed by atoms with E-state index in [0.29, 0.717) is 12.8 Å². The summed E-state index contributed by atoms with van der Waals surface area (Å²) in [5, 5.41) is 23.3. The molecule has 0 heterocycles. The predicted molar refractivity (Wildman–Crippen MR) is 204 cm³/mol. The lowest BCUT2D eigenvalue weighted by Crippen LogP contribution is -2.61. The first-order valence-electron chi connectivity index (χ1n) is 18.2. The SMILES string of the molecule is CC(C)(C)OC(=O)NCCCC[C@@H](NC(=O)[C@H](NC(=O)[C@@H](Cc1ccccc1)NC(=O)[C@@H](Cc1ccccc1)NC(=O)OC(C)(C)C)C(C)(C)C)C(=O)O. The Morgan fingerprint density at radius 1 is 0.574 bits per heavy atom. The summed E-state index contributed by atoms with van der Waals surface area (Å²) in [6.45, 7) is 15.8. The van der Waals surface area contributed by atoms with Crippen LogP contribution in [-0.4, -0.2) is 82.9 Å². The van der Waals surface area contributed by atoms with Crippen LogP contribution in [0.3, 0.4) is 0 Å². The van der Waals surface area contributed by atoms with Crippen LogP contribution in [0.1, 0.15) is 92.7 Å². The van der Waals surface area contributed by atoms with Gasteiger partial charge in [0, 0.05) is 19.4 Å². The van der Waals surface area contributed by atoms with Gasteiger partial charge in [0.25, 0.3) is 0 Å². The van der Waals surface area contributed by atoms with Crippen LogP contribution in [0.4, 0.5) is 9.59 Å². The number of alkyl carbamates (subject to hydrolysis) is 2. The third-order valence-corrected chi connectivity index (χ3v) is 7.82. The maximum atomic E-state index is 14.1. The Morgan fingerprint density at radius 2 is 1.02 bits per heavy atom. The van der Waals surface area contributed by atoms with E-state index in [-0.39, 0.29) is 25.8 Å². The van der Waals surface area contributed by atoms with E-state index in [2.05, 4.69) is 26.6 Å². The van der Waals surface area contributed by atoms with Gasteiger partial charge in [0.2, 0.25) is 17.7 Å². The average Bonchev–Trinajstić information content (AvgIpc) is 3.04. The highest BCUT2D eigenvalue weighted by Crippen LogP contribution is 2.21. The average molecular weight is 754 g/mol. The molecule has 298 valence electrons. The number of hydrogen-bond acceptors (Lipinski definition) is 8. The molecule has 0 radical (unpaired) electrons. The Hall–Kier alpha value is -5.14. The highest BCUT2D eigenvalue weighted by atomic mass is 16.6. The van der Waals surface area contributed by atoms with Gasteiger partial charge < -0.3 is 41.2 Å². The van der Waals surface area contributed by atoms with Crippen molar-refractivity contribution >= 4 is 35.9 Å². The lowest BCUT2D eigenvalue weighted by Gasteiger charge is -2.33. The molecule has 0 spiro atoms. The van der Waals surface area contributed by atoms with Gasteiger partial charge in [-0.2, -0.15) is 0 Å². The maximum Gasteiger partial charge on any atom is 0.408 e. The van der Waals surface area contributed by atoms with E-state index >= 15 is 0 Å². The van der Waals surface area contributed by atoms with Crippen molar-refractivity contribution in [3.63, 3.8) is 0 Å². The number of rotatable bonds is 17. The van der Waals surface area contributed by atoms with Gasteiger partial charge >= 0.3 is 18.2 Å². The first kappa shape index (κ1) is 45.0. The van der Waals surface area contributed by atoms with Crippen LogP contribution in [0.5, 0.6) is 0 Å². The summed E-state index contributed by atoms with van der Waals surface area (Å²) in [6.07, 6.45) is -0.355. The summed E-state index contributed by atoms with van der Waals surface area (Å²) < 4.78 is 10.6. The number of carboxylic acids is 1. The third kappa shape index (κ3) is 17.6. The van der Waals surface area contributed by atoms with Gasteiger partial charge in [-0.1, -0.05) is 81.4 Å². The lowest BCUT2D eigenvalue weighted by molar-refractivity contribution is -0.143. The number of benzene rings is 2. The summed E-state index contributed by atoms with van der Waals surface area (Å²) >= 11 is 0. The highest BCUT2D eigenvalue weighted by Gasteiger charge is 2.37. The molecule has 14 heteroatoms. The number of ether oxygens (including phenoxy) is 2. The van der Waals surface area contributed by atoms with E-state index in [1.807, 2.05) is 24.3 Å². The van der Waals surface area contributed by atoms with Crippen molar-refractivity contribution in [3.8, 4) is 0 Å². The largest absolute Gasteiger partial charge is 0.480 e. The molecule has 0 bridgehead atoms. The monoisotopic (exact) mass is 753 g/mol. The smallest absolute Gasteiger partial charge is 0.408 e. The van der Waals surface area contributed by atoms with E-state index in [1.54, 1.807) is 98.7 Å². The summed E-state index contributed by atoms with van der Waals surface area (Å²) in [5.41, 5.74) is -0.876. The predicted octanol–water partition coefficient (Wildman–Crippen LogP) is 4.65. The van der Waals surface area contributed by atoms with Gasteiger partial charge in [0.05, 0.1) is 0 Å². The molecule has 14 nitrogen and oxygen atoms in total. The number of carbonyl (C=O) groups excluding carboxylic acids is 5. The number of nitrogens with one attached hydrogen (secondary N) is 5. The molecular formula is C40H59N5O9. The first-order chi connectivity index (χ1) is 25.0. The van der Waals surface area contributed by atoms with Crippen molar-refractivity contribution in [1.29, 1.82) is 0 Å². The van der Waals surface area contributed by atoms with E-state index in [4.69, 9.17) is 9.47 Å². The molecule has 0 aromatic heterocycles. The van der Waals surface area contributed by atoms with Gasteiger partial charge in [-0.25, -0.2) is 14.4 Å². The zero-order chi connectivity index (χ0) is 40.7. The Morgan fingerprint density at radius 3 is 1.48 bits per heavy atom. The standard InChI is InChI=1S/C40H59N5O9/c1-38(2,3)31(34(48)42-28(35(49)50)22-16-17-23-41-36(51)53-39(4,5)6)45-33(47)29(24-26-18-12-10-13-19-26)43-32(46)30(25-27-20-14-11-15-21-27)44-37(52)54-40(7,8)9/h10-15,18-21,28-31H,16-17,22-25H2,1-9H3,(H,41,51)(H,42,48)(H,43,46)(H,44,52)(H,45,47)(H,49,50)/t28-,29-,30-,31+/m1/s1. The Balaban J connectivity index is 2.25. The van der Waals surface area contributed by atoms with Crippen molar-refractivity contribution in [2.24, 2.45) is 5.41 Å². The molecule has 0 aliphatic heterocycles. The van der Waals surface area contributed by atoms with Crippen molar-refractivity contribution in [1.82, 2.24) is 26.6 Å². The molecule has 0 unspecified atom stereocenters. The van der Waals surface area contributed by atoms with E-state index in [1.165, 1.54) is 0 Å². The summed E-state index contributed by atoms with van der Waals surface area (Å²) in [6, 6.07) is 13.3. The summed E-state index contributed by atoms with van der Waals surface area (Å²) in [4.78, 5) is 78.5. The van der Waals surface area contributed by atoms with Crippen LogP contribution in [-0.2, 0) is 41.5 Å². The number of unbranched alkanes of at least 4 members (excludes halogenated alkanes) is 1. The molecule has 4 atom stereocenters. The molecular weight excluding hydrogens is 694 g/mol. The minimum absolute atomic E-state index is 0.0521.